The van der Waals surface area contributed by atoms with Crippen LogP contribution in [0.1, 0.15) is 44.9 Å². The highest BCUT2D eigenvalue weighted by Crippen LogP contribution is 2.32. The largest absolute Gasteiger partial charge is 0.385 e. The number of hydrogen-bond acceptors (Lipinski definition) is 2. The van der Waals surface area contributed by atoms with Crippen LogP contribution in [-0.4, -0.2) is 32.3 Å². The van der Waals surface area contributed by atoms with E-state index in [0.29, 0.717) is 5.38 Å². The molecule has 0 amide bonds. The van der Waals surface area contributed by atoms with E-state index >= 15 is 0 Å². The molecule has 1 rings (SSSR count). The van der Waals surface area contributed by atoms with Gasteiger partial charge in [0.1, 0.15) is 0 Å². The molecule has 3 heteroatoms. The molecule has 16 heavy (non-hydrogen) atoms. The van der Waals surface area contributed by atoms with Gasteiger partial charge in [-0.2, -0.15) is 0 Å². The summed E-state index contributed by atoms with van der Waals surface area (Å²) >= 11 is 6.37. The Balaban J connectivity index is 1.86. The second kappa shape index (κ2) is 9.26. The topological polar surface area (TPSA) is 18.5 Å². The van der Waals surface area contributed by atoms with Crippen LogP contribution in [0.3, 0.4) is 0 Å². The molecule has 0 heterocycles. The van der Waals surface area contributed by atoms with Gasteiger partial charge in [-0.05, 0) is 38.0 Å². The van der Waals surface area contributed by atoms with Gasteiger partial charge in [0.25, 0.3) is 0 Å². The van der Waals surface area contributed by atoms with Gasteiger partial charge in [-0.15, -0.1) is 11.6 Å². The Morgan fingerprint density at radius 3 is 2.50 bits per heavy atom. The van der Waals surface area contributed by atoms with E-state index < -0.39 is 0 Å². The first-order valence-electron chi connectivity index (χ1n) is 6.55. The zero-order chi connectivity index (χ0) is 11.6. The van der Waals surface area contributed by atoms with E-state index in [0.717, 1.165) is 45.0 Å². The lowest BCUT2D eigenvalue weighted by atomic mass is 10.0. The second-order valence-corrected chi connectivity index (χ2v) is 5.22. The summed E-state index contributed by atoms with van der Waals surface area (Å²) < 4.78 is 10.5. The van der Waals surface area contributed by atoms with Crippen LogP contribution < -0.4 is 0 Å². The molecule has 0 aromatic heterocycles. The van der Waals surface area contributed by atoms with Crippen LogP contribution >= 0.6 is 11.6 Å². The van der Waals surface area contributed by atoms with Crippen molar-refractivity contribution in [1.82, 2.24) is 0 Å². The molecule has 1 fully saturated rings. The summed E-state index contributed by atoms with van der Waals surface area (Å²) in [4.78, 5) is 0. The Morgan fingerprint density at radius 2 is 1.81 bits per heavy atom. The third-order valence-electron chi connectivity index (χ3n) is 3.32. The summed E-state index contributed by atoms with van der Waals surface area (Å²) in [5, 5.41) is 0.380. The van der Waals surface area contributed by atoms with Gasteiger partial charge >= 0.3 is 0 Å². The number of alkyl halides is 1. The average molecular weight is 249 g/mol. The predicted octanol–water partition coefficient (Wildman–Crippen LogP) is 3.62. The van der Waals surface area contributed by atoms with Gasteiger partial charge in [0.15, 0.2) is 0 Å². The van der Waals surface area contributed by atoms with Crippen molar-refractivity contribution in [3.63, 3.8) is 0 Å². The van der Waals surface area contributed by atoms with Gasteiger partial charge < -0.3 is 9.47 Å². The lowest BCUT2D eigenvalue weighted by molar-refractivity contribution is 0.0997. The lowest BCUT2D eigenvalue weighted by Gasteiger charge is -2.16. The van der Waals surface area contributed by atoms with Gasteiger partial charge in [0.05, 0.1) is 0 Å². The van der Waals surface area contributed by atoms with Gasteiger partial charge in [0.2, 0.25) is 0 Å². The number of hydrogen-bond donors (Lipinski definition) is 0. The first-order chi connectivity index (χ1) is 7.84. The molecule has 0 spiro atoms. The van der Waals surface area contributed by atoms with Crippen molar-refractivity contribution in [2.45, 2.75) is 50.3 Å². The Labute approximate surface area is 105 Å². The Morgan fingerprint density at radius 1 is 1.12 bits per heavy atom. The van der Waals surface area contributed by atoms with Crippen LogP contribution in [0.5, 0.6) is 0 Å². The molecule has 0 aromatic carbocycles. The maximum atomic E-state index is 6.37. The fourth-order valence-electron chi connectivity index (χ4n) is 2.34. The Kier molecular flexibility index (Phi) is 8.26. The molecule has 0 saturated heterocycles. The fraction of sp³-hybridized carbons (Fsp3) is 1.00. The van der Waals surface area contributed by atoms with Crippen LogP contribution in [0.15, 0.2) is 0 Å². The Hall–Kier alpha value is 0.210. The summed E-state index contributed by atoms with van der Waals surface area (Å²) in [6.07, 6.45) is 8.62. The maximum absolute atomic E-state index is 6.37. The van der Waals surface area contributed by atoms with E-state index in [1.165, 1.54) is 25.7 Å². The molecule has 0 aromatic rings. The maximum Gasteiger partial charge on any atom is 0.0487 e. The summed E-state index contributed by atoms with van der Waals surface area (Å²) in [6, 6.07) is 0. The van der Waals surface area contributed by atoms with Crippen molar-refractivity contribution in [3.8, 4) is 0 Å². The number of methoxy groups -OCH3 is 1. The molecule has 1 saturated carbocycles. The highest BCUT2D eigenvalue weighted by molar-refractivity contribution is 6.20. The smallest absolute Gasteiger partial charge is 0.0487 e. The molecule has 1 atom stereocenters. The van der Waals surface area contributed by atoms with Crippen molar-refractivity contribution in [3.05, 3.63) is 0 Å². The first-order valence-corrected chi connectivity index (χ1v) is 6.99. The van der Waals surface area contributed by atoms with Crippen molar-refractivity contribution in [2.75, 3.05) is 26.9 Å². The summed E-state index contributed by atoms with van der Waals surface area (Å²) in [6.45, 7) is 2.45. The average Bonchev–Trinajstić information content (AvgIpc) is 2.81. The minimum atomic E-state index is 0.380. The van der Waals surface area contributed by atoms with E-state index in [1.807, 2.05) is 0 Å². The summed E-state index contributed by atoms with van der Waals surface area (Å²) in [7, 11) is 1.72. The molecular weight excluding hydrogens is 224 g/mol. The standard InChI is InChI=1S/C13H25ClO2/c1-15-9-5-11-16-10-4-8-13(14)12-6-2-3-7-12/h12-13H,2-11H2,1H3. The molecule has 96 valence electrons. The number of halogens is 1. The van der Waals surface area contributed by atoms with E-state index in [4.69, 9.17) is 21.1 Å². The third kappa shape index (κ3) is 6.07. The van der Waals surface area contributed by atoms with Crippen molar-refractivity contribution in [1.29, 1.82) is 0 Å². The number of ether oxygens (including phenoxy) is 2. The molecule has 0 radical (unpaired) electrons. The van der Waals surface area contributed by atoms with Gasteiger partial charge in [-0.1, -0.05) is 12.8 Å². The molecule has 2 nitrogen and oxygen atoms in total. The van der Waals surface area contributed by atoms with Crippen LogP contribution in [0, 0.1) is 5.92 Å². The van der Waals surface area contributed by atoms with Crippen LogP contribution in [0.4, 0.5) is 0 Å². The molecule has 0 bridgehead atoms. The van der Waals surface area contributed by atoms with Crippen LogP contribution in [0.2, 0.25) is 0 Å². The van der Waals surface area contributed by atoms with E-state index in [-0.39, 0.29) is 0 Å². The van der Waals surface area contributed by atoms with Crippen molar-refractivity contribution < 1.29 is 9.47 Å². The molecule has 1 aliphatic rings. The van der Waals surface area contributed by atoms with Gasteiger partial charge in [-0.25, -0.2) is 0 Å². The van der Waals surface area contributed by atoms with Gasteiger partial charge in [-0.3, -0.25) is 0 Å². The first kappa shape index (κ1) is 14.3. The van der Waals surface area contributed by atoms with Crippen LogP contribution in [0.25, 0.3) is 0 Å². The van der Waals surface area contributed by atoms with E-state index in [2.05, 4.69) is 0 Å². The van der Waals surface area contributed by atoms with Crippen molar-refractivity contribution in [2.24, 2.45) is 5.92 Å². The van der Waals surface area contributed by atoms with E-state index in [9.17, 15) is 0 Å². The zero-order valence-corrected chi connectivity index (χ0v) is 11.2. The highest BCUT2D eigenvalue weighted by Gasteiger charge is 2.22. The van der Waals surface area contributed by atoms with Gasteiger partial charge in [0, 0.05) is 32.3 Å². The summed E-state index contributed by atoms with van der Waals surface area (Å²) in [5.74, 6) is 0.773. The zero-order valence-electron chi connectivity index (χ0n) is 10.4. The molecule has 0 aliphatic heterocycles. The molecule has 0 N–H and O–H groups in total. The normalized spacial score (nSPS) is 19.1. The van der Waals surface area contributed by atoms with E-state index in [1.54, 1.807) is 7.11 Å². The quantitative estimate of drug-likeness (QED) is 0.458. The molecule has 1 aliphatic carbocycles. The summed E-state index contributed by atoms with van der Waals surface area (Å²) in [5.41, 5.74) is 0. The SMILES string of the molecule is COCCCOCCCC(Cl)C1CCCC1. The second-order valence-electron chi connectivity index (χ2n) is 4.66. The Bertz CT molecular complexity index is 158. The minimum absolute atomic E-state index is 0.380. The highest BCUT2D eigenvalue weighted by atomic mass is 35.5. The molecular formula is C13H25ClO2. The third-order valence-corrected chi connectivity index (χ3v) is 3.89. The molecule has 1 unspecified atom stereocenters. The predicted molar refractivity (Wildman–Crippen MR) is 68.1 cm³/mol. The minimum Gasteiger partial charge on any atom is -0.385 e. The van der Waals surface area contributed by atoms with Crippen LogP contribution in [-0.2, 0) is 9.47 Å². The van der Waals surface area contributed by atoms with Crippen molar-refractivity contribution >= 4 is 11.6 Å². The lowest BCUT2D eigenvalue weighted by Crippen LogP contribution is -2.12. The monoisotopic (exact) mass is 248 g/mol. The fourth-order valence-corrected chi connectivity index (χ4v) is 2.75. The number of rotatable bonds is 9.